The Labute approximate surface area is 211 Å². The van der Waals surface area contributed by atoms with Gasteiger partial charge in [0.2, 0.25) is 10.0 Å². The molecular weight excluding hydrogens is 480 g/mol. The predicted molar refractivity (Wildman–Crippen MR) is 141 cm³/mol. The van der Waals surface area contributed by atoms with E-state index in [-0.39, 0.29) is 11.4 Å². The minimum absolute atomic E-state index is 0.227. The monoisotopic (exact) mass is 510 g/mol. The summed E-state index contributed by atoms with van der Waals surface area (Å²) in [6.45, 7) is 3.94. The first-order chi connectivity index (χ1) is 17.2. The molecule has 0 atom stereocenters. The van der Waals surface area contributed by atoms with Gasteiger partial charge in [-0.1, -0.05) is 12.1 Å². The molecule has 3 aromatic rings. The molecule has 1 fully saturated rings. The molecule has 11 heteroatoms. The maximum absolute atomic E-state index is 12.8. The molecule has 1 amide bonds. The van der Waals surface area contributed by atoms with Crippen molar-refractivity contribution < 1.29 is 18.0 Å². The van der Waals surface area contributed by atoms with Gasteiger partial charge in [-0.05, 0) is 74.6 Å². The van der Waals surface area contributed by atoms with Crippen LogP contribution in [0.3, 0.4) is 0 Å². The Balaban J connectivity index is 1.74. The lowest BCUT2D eigenvalue weighted by molar-refractivity contribution is 0.0365. The molecule has 3 N–H and O–H groups in total. The van der Waals surface area contributed by atoms with Crippen molar-refractivity contribution in [2.75, 3.05) is 34.8 Å². The largest absolute Gasteiger partial charge is 0.338 e. The van der Waals surface area contributed by atoms with Gasteiger partial charge >= 0.3 is 0 Å². The predicted octanol–water partition coefficient (Wildman–Crippen LogP) is 4.23. The SMILES string of the molecule is CCONC(=O)c1ccc(Nc2cccc(C)n2)nc1Nc1ccc(C2CC2)cc1N(C)S(C)(=O)=O. The summed E-state index contributed by atoms with van der Waals surface area (Å²) in [6.07, 6.45) is 3.32. The Hall–Kier alpha value is -3.70. The van der Waals surface area contributed by atoms with Gasteiger partial charge in [-0.15, -0.1) is 0 Å². The molecule has 10 nitrogen and oxygen atoms in total. The van der Waals surface area contributed by atoms with Gasteiger partial charge in [0.15, 0.2) is 0 Å². The van der Waals surface area contributed by atoms with E-state index >= 15 is 0 Å². The Morgan fingerprint density at radius 1 is 1.08 bits per heavy atom. The number of rotatable bonds is 10. The van der Waals surface area contributed by atoms with Crippen LogP contribution in [0.4, 0.5) is 28.8 Å². The van der Waals surface area contributed by atoms with Gasteiger partial charge in [0.1, 0.15) is 17.5 Å². The fourth-order valence-electron chi connectivity index (χ4n) is 3.64. The van der Waals surface area contributed by atoms with Crippen LogP contribution in [0.1, 0.15) is 47.3 Å². The van der Waals surface area contributed by atoms with Gasteiger partial charge in [-0.3, -0.25) is 13.9 Å². The van der Waals surface area contributed by atoms with Crippen molar-refractivity contribution in [2.45, 2.75) is 32.6 Å². The molecule has 0 aliphatic heterocycles. The molecule has 4 rings (SSSR count). The van der Waals surface area contributed by atoms with Crippen LogP contribution < -0.4 is 20.4 Å². The van der Waals surface area contributed by atoms with E-state index in [0.717, 1.165) is 30.4 Å². The molecule has 1 saturated carbocycles. The van der Waals surface area contributed by atoms with Crippen molar-refractivity contribution >= 4 is 44.8 Å². The van der Waals surface area contributed by atoms with Crippen LogP contribution >= 0.6 is 0 Å². The molecule has 0 radical (unpaired) electrons. The third-order valence-electron chi connectivity index (χ3n) is 5.75. The van der Waals surface area contributed by atoms with E-state index in [4.69, 9.17) is 4.84 Å². The molecular formula is C25H30N6O4S. The van der Waals surface area contributed by atoms with E-state index in [0.29, 0.717) is 35.5 Å². The molecule has 190 valence electrons. The summed E-state index contributed by atoms with van der Waals surface area (Å²) in [7, 11) is -2.03. The number of amides is 1. The average Bonchev–Trinajstić information content (AvgIpc) is 3.67. The number of carbonyl (C=O) groups is 1. The first kappa shape index (κ1) is 25.4. The average molecular weight is 511 g/mol. The highest BCUT2D eigenvalue weighted by Crippen LogP contribution is 2.43. The number of carbonyl (C=O) groups excluding carboxylic acids is 1. The van der Waals surface area contributed by atoms with Crippen molar-refractivity contribution in [3.63, 3.8) is 0 Å². The topological polar surface area (TPSA) is 126 Å². The zero-order valence-electron chi connectivity index (χ0n) is 20.7. The number of hydroxylamine groups is 1. The lowest BCUT2D eigenvalue weighted by atomic mass is 10.1. The quantitative estimate of drug-likeness (QED) is 0.346. The summed E-state index contributed by atoms with van der Waals surface area (Å²) >= 11 is 0. The highest BCUT2D eigenvalue weighted by atomic mass is 32.2. The van der Waals surface area contributed by atoms with Gasteiger partial charge in [0.25, 0.3) is 5.91 Å². The number of pyridine rings is 2. The third-order valence-corrected chi connectivity index (χ3v) is 6.95. The Morgan fingerprint density at radius 2 is 1.83 bits per heavy atom. The molecule has 2 aromatic heterocycles. The number of aromatic nitrogens is 2. The van der Waals surface area contributed by atoms with E-state index in [2.05, 4.69) is 26.1 Å². The molecule has 0 bridgehead atoms. The molecule has 0 spiro atoms. The summed E-state index contributed by atoms with van der Waals surface area (Å²) in [5.74, 6) is 1.24. The summed E-state index contributed by atoms with van der Waals surface area (Å²) in [4.78, 5) is 26.9. The fraction of sp³-hybridized carbons (Fsp3) is 0.320. The van der Waals surface area contributed by atoms with E-state index < -0.39 is 15.9 Å². The Morgan fingerprint density at radius 3 is 2.50 bits per heavy atom. The van der Waals surface area contributed by atoms with E-state index in [1.165, 1.54) is 11.4 Å². The number of aryl methyl sites for hydroxylation is 1. The van der Waals surface area contributed by atoms with Crippen molar-refractivity contribution in [1.29, 1.82) is 0 Å². The van der Waals surface area contributed by atoms with Gasteiger partial charge in [-0.25, -0.2) is 23.9 Å². The minimum Gasteiger partial charge on any atom is -0.338 e. The van der Waals surface area contributed by atoms with Crippen molar-refractivity contribution in [1.82, 2.24) is 15.4 Å². The molecule has 1 aliphatic rings. The van der Waals surface area contributed by atoms with Crippen LogP contribution in [0.2, 0.25) is 0 Å². The van der Waals surface area contributed by atoms with Gasteiger partial charge in [0, 0.05) is 12.7 Å². The van der Waals surface area contributed by atoms with Crippen molar-refractivity contribution in [2.24, 2.45) is 0 Å². The third kappa shape index (κ3) is 6.10. The first-order valence-electron chi connectivity index (χ1n) is 11.6. The van der Waals surface area contributed by atoms with Gasteiger partial charge in [-0.2, -0.15) is 0 Å². The van der Waals surface area contributed by atoms with Crippen LogP contribution in [-0.4, -0.2) is 44.2 Å². The van der Waals surface area contributed by atoms with E-state index in [1.54, 1.807) is 19.1 Å². The summed E-state index contributed by atoms with van der Waals surface area (Å²) in [5, 5.41) is 6.32. The van der Waals surface area contributed by atoms with Crippen LogP contribution in [0, 0.1) is 6.92 Å². The molecule has 1 aliphatic carbocycles. The number of sulfonamides is 1. The Bertz CT molecular complexity index is 1370. The number of nitrogens with zero attached hydrogens (tertiary/aromatic N) is 3. The zero-order chi connectivity index (χ0) is 25.9. The van der Waals surface area contributed by atoms with Gasteiger partial charge < -0.3 is 10.6 Å². The van der Waals surface area contributed by atoms with Gasteiger partial charge in [0.05, 0.1) is 29.8 Å². The first-order valence-corrected chi connectivity index (χ1v) is 13.5. The number of benzene rings is 1. The number of nitrogens with one attached hydrogen (secondary N) is 3. The second-order valence-electron chi connectivity index (χ2n) is 8.65. The van der Waals surface area contributed by atoms with Crippen LogP contribution in [0.15, 0.2) is 48.5 Å². The zero-order valence-corrected chi connectivity index (χ0v) is 21.5. The Kier molecular flexibility index (Phi) is 7.41. The molecule has 0 saturated heterocycles. The lowest BCUT2D eigenvalue weighted by Gasteiger charge is -2.22. The number of anilines is 5. The fourth-order valence-corrected chi connectivity index (χ4v) is 4.14. The second kappa shape index (κ2) is 10.5. The standard InChI is InChI=1S/C25H30N6O4S/c1-5-35-30-25(32)19-12-14-23(28-22-8-6-7-16(2)26-22)29-24(19)27-20-13-11-18(17-9-10-17)15-21(20)31(3)36(4,33)34/h6-8,11-15,17H,5,9-10H2,1-4H3,(H,30,32)(H2,26,27,28,29). The molecule has 2 heterocycles. The highest BCUT2D eigenvalue weighted by molar-refractivity contribution is 7.92. The van der Waals surface area contributed by atoms with Crippen LogP contribution in [-0.2, 0) is 14.9 Å². The summed E-state index contributed by atoms with van der Waals surface area (Å²) in [6, 6.07) is 14.5. The lowest BCUT2D eigenvalue weighted by Crippen LogP contribution is -2.26. The highest BCUT2D eigenvalue weighted by Gasteiger charge is 2.26. The molecule has 1 aromatic carbocycles. The van der Waals surface area contributed by atoms with Crippen LogP contribution in [0.25, 0.3) is 0 Å². The molecule has 0 unspecified atom stereocenters. The van der Waals surface area contributed by atoms with Crippen molar-refractivity contribution in [3.8, 4) is 0 Å². The number of hydrogen-bond acceptors (Lipinski definition) is 8. The summed E-state index contributed by atoms with van der Waals surface area (Å²) < 4.78 is 26.0. The van der Waals surface area contributed by atoms with Crippen molar-refractivity contribution in [3.05, 3.63) is 65.4 Å². The second-order valence-corrected chi connectivity index (χ2v) is 10.7. The summed E-state index contributed by atoms with van der Waals surface area (Å²) in [5.41, 5.74) is 5.50. The maximum atomic E-state index is 12.8. The normalized spacial score (nSPS) is 13.2. The van der Waals surface area contributed by atoms with E-state index in [9.17, 15) is 13.2 Å². The molecule has 36 heavy (non-hydrogen) atoms. The van der Waals surface area contributed by atoms with E-state index in [1.807, 2.05) is 43.3 Å². The minimum atomic E-state index is -3.53. The smallest absolute Gasteiger partial charge is 0.278 e. The van der Waals surface area contributed by atoms with Crippen LogP contribution in [0.5, 0.6) is 0 Å². The maximum Gasteiger partial charge on any atom is 0.278 e. The number of hydrogen-bond donors (Lipinski definition) is 3.